The van der Waals surface area contributed by atoms with Crippen molar-refractivity contribution in [2.24, 2.45) is 5.14 Å². The molecule has 0 aromatic heterocycles. The first-order valence-corrected chi connectivity index (χ1v) is 8.82. The first kappa shape index (κ1) is 14.6. The lowest BCUT2D eigenvalue weighted by molar-refractivity contribution is 0.269. The summed E-state index contributed by atoms with van der Waals surface area (Å²) in [5, 5.41) is 5.23. The fourth-order valence-corrected chi connectivity index (χ4v) is 3.74. The van der Waals surface area contributed by atoms with Gasteiger partial charge >= 0.3 is 0 Å². The van der Waals surface area contributed by atoms with Crippen LogP contribution in [0.3, 0.4) is 0 Å². The predicted octanol–water partition coefficient (Wildman–Crippen LogP) is 2.82. The molecular weight excluding hydrogens is 354 g/mol. The molecule has 21 heavy (non-hydrogen) atoms. The Hall–Kier alpha value is -1.37. The molecule has 0 aliphatic heterocycles. The lowest BCUT2D eigenvalue weighted by Gasteiger charge is -2.30. The minimum absolute atomic E-state index is 0.00415. The first-order valence-electron chi connectivity index (χ1n) is 6.48. The van der Waals surface area contributed by atoms with Crippen molar-refractivity contribution >= 4 is 26.0 Å². The van der Waals surface area contributed by atoms with Gasteiger partial charge in [0.1, 0.15) is 10.6 Å². The Labute approximate surface area is 132 Å². The van der Waals surface area contributed by atoms with Crippen molar-refractivity contribution in [1.82, 2.24) is 0 Å². The number of sulfonamides is 1. The topological polar surface area (TPSA) is 69.4 Å². The van der Waals surface area contributed by atoms with Crippen LogP contribution in [0.4, 0.5) is 0 Å². The van der Waals surface area contributed by atoms with Crippen LogP contribution < -0.4 is 9.88 Å². The highest BCUT2D eigenvalue weighted by Crippen LogP contribution is 2.36. The number of hydrogen-bond donors (Lipinski definition) is 1. The minimum Gasteiger partial charge on any atom is -0.492 e. The molecule has 110 valence electrons. The summed E-state index contributed by atoms with van der Waals surface area (Å²) >= 11 is 3.24. The molecular formula is C15H14BrNO3S. The normalized spacial score (nSPS) is 17.0. The van der Waals surface area contributed by atoms with Gasteiger partial charge in [-0.25, -0.2) is 13.6 Å². The molecule has 3 rings (SSSR count). The van der Waals surface area contributed by atoms with E-state index in [-0.39, 0.29) is 4.90 Å². The number of hydrogen-bond acceptors (Lipinski definition) is 3. The van der Waals surface area contributed by atoms with E-state index in [1.807, 2.05) is 12.1 Å². The van der Waals surface area contributed by atoms with Crippen LogP contribution in [0.5, 0.6) is 5.75 Å². The van der Waals surface area contributed by atoms with Gasteiger partial charge in [-0.15, -0.1) is 0 Å². The smallest absolute Gasteiger partial charge is 0.241 e. The van der Waals surface area contributed by atoms with Gasteiger partial charge < -0.3 is 4.74 Å². The summed E-state index contributed by atoms with van der Waals surface area (Å²) in [5.41, 5.74) is 2.60. The zero-order chi connectivity index (χ0) is 15.0. The van der Waals surface area contributed by atoms with Crippen molar-refractivity contribution in [1.29, 1.82) is 0 Å². The standard InChI is InChI=1S/C15H14BrNO3S/c16-12-5-6-14(15(8-12)21(17,18)19)20-9-11-7-10-3-1-2-4-13(10)11/h1-6,8,11H,7,9H2,(H2,17,18,19). The Bertz CT molecular complexity index is 789. The molecule has 0 bridgehead atoms. The summed E-state index contributed by atoms with van der Waals surface area (Å²) in [6.45, 7) is 0.446. The molecule has 2 aromatic rings. The van der Waals surface area contributed by atoms with Crippen LogP contribution in [0.2, 0.25) is 0 Å². The van der Waals surface area contributed by atoms with Crippen molar-refractivity contribution in [3.63, 3.8) is 0 Å². The molecule has 0 saturated heterocycles. The molecule has 2 aromatic carbocycles. The Balaban J connectivity index is 1.78. The maximum atomic E-state index is 11.6. The number of benzene rings is 2. The molecule has 6 heteroatoms. The van der Waals surface area contributed by atoms with Crippen LogP contribution in [0.25, 0.3) is 0 Å². The van der Waals surface area contributed by atoms with Crippen LogP contribution in [-0.2, 0) is 16.4 Å². The lowest BCUT2D eigenvalue weighted by atomic mass is 9.78. The zero-order valence-corrected chi connectivity index (χ0v) is 13.5. The van der Waals surface area contributed by atoms with Gasteiger partial charge in [-0.2, -0.15) is 0 Å². The van der Waals surface area contributed by atoms with Gasteiger partial charge in [0.2, 0.25) is 10.0 Å². The maximum Gasteiger partial charge on any atom is 0.241 e. The van der Waals surface area contributed by atoms with Crippen molar-refractivity contribution < 1.29 is 13.2 Å². The average Bonchev–Trinajstić information content (AvgIpc) is 2.40. The van der Waals surface area contributed by atoms with E-state index in [0.29, 0.717) is 22.7 Å². The number of ether oxygens (including phenoxy) is 1. The molecule has 0 heterocycles. The number of halogens is 1. The quantitative estimate of drug-likeness (QED) is 0.902. The number of fused-ring (bicyclic) bond motifs is 1. The Morgan fingerprint density at radius 2 is 2.00 bits per heavy atom. The summed E-state index contributed by atoms with van der Waals surface area (Å²) < 4.78 is 29.6. The van der Waals surface area contributed by atoms with Crippen LogP contribution in [0.15, 0.2) is 51.8 Å². The van der Waals surface area contributed by atoms with Crippen molar-refractivity contribution in [2.45, 2.75) is 17.2 Å². The number of rotatable bonds is 4. The number of primary sulfonamides is 1. The maximum absolute atomic E-state index is 11.6. The number of nitrogens with two attached hydrogens (primary N) is 1. The molecule has 1 aliphatic carbocycles. The monoisotopic (exact) mass is 367 g/mol. The van der Waals surface area contributed by atoms with Gasteiger partial charge in [0, 0.05) is 10.4 Å². The lowest BCUT2D eigenvalue weighted by Crippen LogP contribution is -2.23. The van der Waals surface area contributed by atoms with Gasteiger partial charge in [0.05, 0.1) is 6.61 Å². The largest absolute Gasteiger partial charge is 0.492 e. The summed E-state index contributed by atoms with van der Waals surface area (Å²) in [6.07, 6.45) is 0.956. The molecule has 1 aliphatic rings. The minimum atomic E-state index is -3.81. The van der Waals surface area contributed by atoms with E-state index in [9.17, 15) is 8.42 Å². The fraction of sp³-hybridized carbons (Fsp3) is 0.200. The van der Waals surface area contributed by atoms with Gasteiger partial charge in [-0.05, 0) is 35.7 Å². The van der Waals surface area contributed by atoms with Crippen molar-refractivity contribution in [3.05, 3.63) is 58.1 Å². The molecule has 0 fully saturated rings. The molecule has 0 amide bonds. The third-order valence-electron chi connectivity index (χ3n) is 3.61. The van der Waals surface area contributed by atoms with Crippen LogP contribution in [0.1, 0.15) is 17.0 Å². The molecule has 4 nitrogen and oxygen atoms in total. The predicted molar refractivity (Wildman–Crippen MR) is 83.9 cm³/mol. The van der Waals surface area contributed by atoms with Gasteiger partial charge in [-0.1, -0.05) is 40.2 Å². The second kappa shape index (κ2) is 5.44. The summed E-state index contributed by atoms with van der Waals surface area (Å²) in [4.78, 5) is 0.00415. The van der Waals surface area contributed by atoms with E-state index >= 15 is 0 Å². The SMILES string of the molecule is NS(=O)(=O)c1cc(Br)ccc1OCC1Cc2ccccc21. The van der Waals surface area contributed by atoms with Crippen LogP contribution >= 0.6 is 15.9 Å². The summed E-state index contributed by atoms with van der Waals surface area (Å²) in [5.74, 6) is 0.600. The van der Waals surface area contributed by atoms with E-state index in [0.717, 1.165) is 6.42 Å². The average molecular weight is 368 g/mol. The van der Waals surface area contributed by atoms with Gasteiger partial charge in [-0.3, -0.25) is 0 Å². The molecule has 0 spiro atoms. The fourth-order valence-electron chi connectivity index (χ4n) is 2.53. The van der Waals surface area contributed by atoms with E-state index < -0.39 is 10.0 Å². The molecule has 0 saturated carbocycles. The Morgan fingerprint density at radius 3 is 2.71 bits per heavy atom. The van der Waals surface area contributed by atoms with E-state index in [1.54, 1.807) is 12.1 Å². The van der Waals surface area contributed by atoms with Crippen molar-refractivity contribution in [3.8, 4) is 5.75 Å². The van der Waals surface area contributed by atoms with E-state index in [1.165, 1.54) is 17.2 Å². The third-order valence-corrected chi connectivity index (χ3v) is 5.04. The summed E-state index contributed by atoms with van der Waals surface area (Å²) in [6, 6.07) is 13.0. The van der Waals surface area contributed by atoms with E-state index in [4.69, 9.17) is 9.88 Å². The Morgan fingerprint density at radius 1 is 1.24 bits per heavy atom. The molecule has 0 radical (unpaired) electrons. The third kappa shape index (κ3) is 2.97. The van der Waals surface area contributed by atoms with Gasteiger partial charge in [0.25, 0.3) is 0 Å². The highest BCUT2D eigenvalue weighted by molar-refractivity contribution is 9.10. The molecule has 2 N–H and O–H groups in total. The molecule has 1 atom stereocenters. The summed E-state index contributed by atoms with van der Waals surface area (Å²) in [7, 11) is -3.81. The van der Waals surface area contributed by atoms with Crippen LogP contribution in [0, 0.1) is 0 Å². The second-order valence-corrected chi connectivity index (χ2v) is 7.49. The van der Waals surface area contributed by atoms with Crippen molar-refractivity contribution in [2.75, 3.05) is 6.61 Å². The zero-order valence-electron chi connectivity index (χ0n) is 11.1. The van der Waals surface area contributed by atoms with Crippen LogP contribution in [-0.4, -0.2) is 15.0 Å². The second-order valence-electron chi connectivity index (χ2n) is 5.05. The van der Waals surface area contributed by atoms with Gasteiger partial charge in [0.15, 0.2) is 0 Å². The highest BCUT2D eigenvalue weighted by atomic mass is 79.9. The molecule has 1 unspecified atom stereocenters. The first-order chi connectivity index (χ1) is 9.95. The Kier molecular flexibility index (Phi) is 3.77. The van der Waals surface area contributed by atoms with E-state index in [2.05, 4.69) is 28.1 Å². The highest BCUT2D eigenvalue weighted by Gasteiger charge is 2.26.